The van der Waals surface area contributed by atoms with Crippen molar-refractivity contribution in [1.29, 1.82) is 0 Å². The van der Waals surface area contributed by atoms with E-state index in [-0.39, 0.29) is 18.6 Å². The predicted molar refractivity (Wildman–Crippen MR) is 78.0 cm³/mol. The number of rotatable bonds is 5. The van der Waals surface area contributed by atoms with Crippen molar-refractivity contribution in [2.45, 2.75) is 25.8 Å². The van der Waals surface area contributed by atoms with Gasteiger partial charge in [0, 0.05) is 13.5 Å². The van der Waals surface area contributed by atoms with Gasteiger partial charge in [0.05, 0.1) is 19.3 Å². The lowest BCUT2D eigenvalue weighted by atomic mass is 10.0. The van der Waals surface area contributed by atoms with Gasteiger partial charge >= 0.3 is 5.97 Å². The van der Waals surface area contributed by atoms with Crippen LogP contribution in [0, 0.1) is 12.8 Å². The second-order valence-electron chi connectivity index (χ2n) is 5.54. The summed E-state index contributed by atoms with van der Waals surface area (Å²) in [4.78, 5) is 24.9. The Morgan fingerprint density at radius 2 is 1.95 bits per heavy atom. The Kier molecular flexibility index (Phi) is 4.96. The highest BCUT2D eigenvalue weighted by Gasteiger charge is 2.38. The van der Waals surface area contributed by atoms with Gasteiger partial charge in [-0.3, -0.25) is 9.59 Å². The second kappa shape index (κ2) is 6.72. The third kappa shape index (κ3) is 3.82. The number of aryl methyl sites for hydroxylation is 2. The molecule has 1 fully saturated rings. The van der Waals surface area contributed by atoms with Gasteiger partial charge in [0.1, 0.15) is 5.92 Å². The molecule has 0 aliphatic carbocycles. The maximum absolute atomic E-state index is 12.2. The first-order valence-electron chi connectivity index (χ1n) is 7.11. The summed E-state index contributed by atoms with van der Waals surface area (Å²) in [5.74, 6) is -1.58. The van der Waals surface area contributed by atoms with E-state index < -0.39 is 11.9 Å². The molecule has 1 aromatic rings. The largest absolute Gasteiger partial charge is 0.481 e. The Morgan fingerprint density at radius 1 is 1.29 bits per heavy atom. The van der Waals surface area contributed by atoms with E-state index in [4.69, 9.17) is 9.84 Å². The minimum atomic E-state index is -0.907. The molecule has 2 rings (SSSR count). The number of carboxylic acids is 1. The van der Waals surface area contributed by atoms with Gasteiger partial charge in [-0.2, -0.15) is 0 Å². The summed E-state index contributed by atoms with van der Waals surface area (Å²) in [5.41, 5.74) is 2.30. The van der Waals surface area contributed by atoms with Crippen molar-refractivity contribution in [2.24, 2.45) is 5.92 Å². The Morgan fingerprint density at radius 3 is 2.57 bits per heavy atom. The van der Waals surface area contributed by atoms with Crippen molar-refractivity contribution in [3.8, 4) is 0 Å². The van der Waals surface area contributed by atoms with Crippen molar-refractivity contribution >= 4 is 11.9 Å². The fourth-order valence-electron chi connectivity index (χ4n) is 2.53. The van der Waals surface area contributed by atoms with Crippen LogP contribution in [0.25, 0.3) is 0 Å². The summed E-state index contributed by atoms with van der Waals surface area (Å²) >= 11 is 0. The number of carbonyl (C=O) groups is 2. The Balaban J connectivity index is 1.90. The standard InChI is InChI=1S/C16H21NO4/c1-11-3-5-12(6-4-11)7-8-15(18)17(2)14-10-21-9-13(14)16(19)20/h3-6,13-14H,7-10H2,1-2H3,(H,19,20). The highest BCUT2D eigenvalue weighted by Crippen LogP contribution is 2.20. The molecule has 0 aromatic heterocycles. The van der Waals surface area contributed by atoms with Crippen molar-refractivity contribution < 1.29 is 19.4 Å². The maximum Gasteiger partial charge on any atom is 0.311 e. The summed E-state index contributed by atoms with van der Waals surface area (Å²) < 4.78 is 5.20. The van der Waals surface area contributed by atoms with E-state index in [1.807, 2.05) is 31.2 Å². The first kappa shape index (κ1) is 15.5. The van der Waals surface area contributed by atoms with Crippen LogP contribution < -0.4 is 0 Å². The highest BCUT2D eigenvalue weighted by molar-refractivity contribution is 5.78. The molecule has 0 spiro atoms. The van der Waals surface area contributed by atoms with Crippen LogP contribution in [0.5, 0.6) is 0 Å². The fourth-order valence-corrected chi connectivity index (χ4v) is 2.53. The van der Waals surface area contributed by atoms with E-state index in [2.05, 4.69) is 0 Å². The van der Waals surface area contributed by atoms with Crippen LogP contribution in [-0.4, -0.2) is 48.2 Å². The van der Waals surface area contributed by atoms with Gasteiger partial charge in [-0.15, -0.1) is 0 Å². The first-order chi connectivity index (χ1) is 9.99. The van der Waals surface area contributed by atoms with Crippen molar-refractivity contribution in [2.75, 3.05) is 20.3 Å². The molecule has 21 heavy (non-hydrogen) atoms. The van der Waals surface area contributed by atoms with E-state index in [0.29, 0.717) is 19.4 Å². The summed E-state index contributed by atoms with van der Waals surface area (Å²) in [6.07, 6.45) is 1.04. The molecule has 1 aliphatic rings. The smallest absolute Gasteiger partial charge is 0.311 e. The topological polar surface area (TPSA) is 66.8 Å². The number of hydrogen-bond donors (Lipinski definition) is 1. The lowest BCUT2D eigenvalue weighted by molar-refractivity contribution is -0.144. The molecule has 1 aromatic carbocycles. The summed E-state index contributed by atoms with van der Waals surface area (Å²) in [5, 5.41) is 9.13. The van der Waals surface area contributed by atoms with Crippen LogP contribution >= 0.6 is 0 Å². The molecule has 114 valence electrons. The van der Waals surface area contributed by atoms with E-state index in [1.165, 1.54) is 10.5 Å². The predicted octanol–water partition coefficient (Wildman–Crippen LogP) is 1.49. The Hall–Kier alpha value is -1.88. The molecule has 1 heterocycles. The number of amides is 1. The molecule has 5 heteroatoms. The van der Waals surface area contributed by atoms with Crippen LogP contribution in [0.2, 0.25) is 0 Å². The normalized spacial score (nSPS) is 21.2. The highest BCUT2D eigenvalue weighted by atomic mass is 16.5. The lowest BCUT2D eigenvalue weighted by Gasteiger charge is -2.26. The average Bonchev–Trinajstić information content (AvgIpc) is 2.95. The van der Waals surface area contributed by atoms with Gasteiger partial charge in [-0.25, -0.2) is 0 Å². The zero-order chi connectivity index (χ0) is 15.4. The molecular formula is C16H21NO4. The average molecular weight is 291 g/mol. The van der Waals surface area contributed by atoms with Crippen LogP contribution in [0.1, 0.15) is 17.5 Å². The second-order valence-corrected chi connectivity index (χ2v) is 5.54. The molecule has 1 aliphatic heterocycles. The maximum atomic E-state index is 12.2. The van der Waals surface area contributed by atoms with Crippen LogP contribution in [0.15, 0.2) is 24.3 Å². The molecule has 0 bridgehead atoms. The summed E-state index contributed by atoms with van der Waals surface area (Å²) in [6, 6.07) is 7.71. The van der Waals surface area contributed by atoms with E-state index in [0.717, 1.165) is 5.56 Å². The van der Waals surface area contributed by atoms with Gasteiger partial charge in [0.15, 0.2) is 0 Å². The third-order valence-electron chi connectivity index (χ3n) is 4.01. The number of carboxylic acid groups (broad SMARTS) is 1. The monoisotopic (exact) mass is 291 g/mol. The summed E-state index contributed by atoms with van der Waals surface area (Å²) in [7, 11) is 1.66. The fraction of sp³-hybridized carbons (Fsp3) is 0.500. The lowest BCUT2D eigenvalue weighted by Crippen LogP contribution is -2.44. The van der Waals surface area contributed by atoms with Crippen molar-refractivity contribution in [3.05, 3.63) is 35.4 Å². The number of ether oxygens (including phenoxy) is 1. The Labute approximate surface area is 124 Å². The number of benzene rings is 1. The zero-order valence-corrected chi connectivity index (χ0v) is 12.4. The first-order valence-corrected chi connectivity index (χ1v) is 7.11. The number of carbonyl (C=O) groups excluding carboxylic acids is 1. The molecule has 1 amide bonds. The number of hydrogen-bond acceptors (Lipinski definition) is 3. The van der Waals surface area contributed by atoms with Crippen molar-refractivity contribution in [3.63, 3.8) is 0 Å². The van der Waals surface area contributed by atoms with E-state index in [9.17, 15) is 9.59 Å². The number of nitrogens with zero attached hydrogens (tertiary/aromatic N) is 1. The zero-order valence-electron chi connectivity index (χ0n) is 12.4. The number of likely N-dealkylation sites (N-methyl/N-ethyl adjacent to an activating group) is 1. The van der Waals surface area contributed by atoms with Crippen molar-refractivity contribution in [1.82, 2.24) is 4.90 Å². The molecule has 0 saturated carbocycles. The van der Waals surface area contributed by atoms with E-state index >= 15 is 0 Å². The molecular weight excluding hydrogens is 270 g/mol. The minimum absolute atomic E-state index is 0.0441. The minimum Gasteiger partial charge on any atom is -0.481 e. The molecule has 0 radical (unpaired) electrons. The molecule has 1 saturated heterocycles. The van der Waals surface area contributed by atoms with Gasteiger partial charge in [0.25, 0.3) is 0 Å². The molecule has 5 nitrogen and oxygen atoms in total. The van der Waals surface area contributed by atoms with E-state index in [1.54, 1.807) is 7.05 Å². The quantitative estimate of drug-likeness (QED) is 0.892. The van der Waals surface area contributed by atoms with Crippen LogP contribution in [0.4, 0.5) is 0 Å². The summed E-state index contributed by atoms with van der Waals surface area (Å²) in [6.45, 7) is 2.49. The van der Waals surface area contributed by atoms with Gasteiger partial charge in [0.2, 0.25) is 5.91 Å². The SMILES string of the molecule is Cc1ccc(CCC(=O)N(C)C2COCC2C(=O)O)cc1. The van der Waals surface area contributed by atoms with Crippen LogP contribution in [-0.2, 0) is 20.7 Å². The van der Waals surface area contributed by atoms with Gasteiger partial charge < -0.3 is 14.7 Å². The molecule has 2 atom stereocenters. The van der Waals surface area contributed by atoms with Crippen LogP contribution in [0.3, 0.4) is 0 Å². The van der Waals surface area contributed by atoms with Gasteiger partial charge in [-0.1, -0.05) is 29.8 Å². The molecule has 2 unspecified atom stereocenters. The molecule has 1 N–H and O–H groups in total. The van der Waals surface area contributed by atoms with Gasteiger partial charge in [-0.05, 0) is 18.9 Å². The third-order valence-corrected chi connectivity index (χ3v) is 4.01. The Bertz CT molecular complexity index is 512. The number of aliphatic carboxylic acids is 1.